The van der Waals surface area contributed by atoms with Crippen LogP contribution in [0.25, 0.3) is 0 Å². The molecule has 0 aliphatic heterocycles. The van der Waals surface area contributed by atoms with Crippen LogP contribution >= 0.6 is 0 Å². The number of rotatable bonds is 2. The number of nitrogens with two attached hydrogens (primary N) is 1. The van der Waals surface area contributed by atoms with E-state index in [0.717, 1.165) is 12.0 Å². The van der Waals surface area contributed by atoms with Crippen LogP contribution in [0.4, 0.5) is 5.82 Å². The maximum Gasteiger partial charge on any atom is 0.175 e. The molecule has 0 amide bonds. The summed E-state index contributed by atoms with van der Waals surface area (Å²) >= 11 is 0. The summed E-state index contributed by atoms with van der Waals surface area (Å²) in [5.74, 6) is 0.322. The highest BCUT2D eigenvalue weighted by molar-refractivity contribution is 5.22. The largest absolute Gasteiger partial charge is 0.390 e. The number of nitrogens with zero attached hydrogens (tertiary/aromatic N) is 3. The summed E-state index contributed by atoms with van der Waals surface area (Å²) in [7, 11) is 1.84. The van der Waals surface area contributed by atoms with Crippen LogP contribution in [-0.4, -0.2) is 32.0 Å². The Bertz CT molecular complexity index is 527. The van der Waals surface area contributed by atoms with Crippen molar-refractivity contribution < 1.29 is 10.2 Å². The van der Waals surface area contributed by atoms with E-state index in [1.165, 1.54) is 0 Å². The minimum Gasteiger partial charge on any atom is -0.390 e. The molecule has 1 aromatic rings. The lowest BCUT2D eigenvalue weighted by Gasteiger charge is -2.16. The van der Waals surface area contributed by atoms with Gasteiger partial charge in [0.25, 0.3) is 0 Å². The van der Waals surface area contributed by atoms with Gasteiger partial charge in [-0.05, 0) is 25.3 Å². The Labute approximate surface area is 111 Å². The van der Waals surface area contributed by atoms with Gasteiger partial charge in [-0.3, -0.25) is 0 Å². The monoisotopic (exact) mass is 264 g/mol. The van der Waals surface area contributed by atoms with E-state index in [0.29, 0.717) is 17.7 Å². The van der Waals surface area contributed by atoms with Crippen molar-refractivity contribution in [2.24, 2.45) is 18.0 Å². The van der Waals surface area contributed by atoms with Gasteiger partial charge in [-0.1, -0.05) is 0 Å². The minimum absolute atomic E-state index is 0.0399. The van der Waals surface area contributed by atoms with E-state index >= 15 is 0 Å². The van der Waals surface area contributed by atoms with Gasteiger partial charge < -0.3 is 20.5 Å². The smallest absolute Gasteiger partial charge is 0.175 e. The van der Waals surface area contributed by atoms with Crippen LogP contribution in [0, 0.1) is 5.92 Å². The van der Waals surface area contributed by atoms with Gasteiger partial charge >= 0.3 is 0 Å². The molecule has 0 radical (unpaired) electrons. The van der Waals surface area contributed by atoms with Crippen molar-refractivity contribution in [2.75, 3.05) is 5.73 Å². The third kappa shape index (κ3) is 2.85. The molecule has 2 rings (SSSR count). The third-order valence-corrected chi connectivity index (χ3v) is 3.62. The fourth-order valence-corrected chi connectivity index (χ4v) is 2.40. The topological polar surface area (TPSA) is 96.7 Å². The van der Waals surface area contributed by atoms with Crippen molar-refractivity contribution in [1.29, 1.82) is 0 Å². The lowest BCUT2D eigenvalue weighted by Crippen LogP contribution is -2.25. The lowest BCUT2D eigenvalue weighted by atomic mass is 9.97. The van der Waals surface area contributed by atoms with Crippen LogP contribution in [0.3, 0.4) is 0 Å². The molecule has 6 nitrogen and oxygen atoms in total. The van der Waals surface area contributed by atoms with Crippen LogP contribution in [0.15, 0.2) is 29.2 Å². The second-order valence-electron chi connectivity index (χ2n) is 4.99. The number of nitrogen functional groups attached to an aromatic ring is 1. The van der Waals surface area contributed by atoms with E-state index in [4.69, 9.17) is 5.73 Å². The van der Waals surface area contributed by atoms with Gasteiger partial charge in [-0.2, -0.15) is 0 Å². The van der Waals surface area contributed by atoms with E-state index in [-0.39, 0.29) is 5.92 Å². The zero-order valence-electron chi connectivity index (χ0n) is 11.2. The molecule has 1 aliphatic carbocycles. The number of aromatic nitrogens is 2. The minimum atomic E-state index is -0.702. The molecule has 4 N–H and O–H groups in total. The Morgan fingerprint density at radius 2 is 2.26 bits per heavy atom. The van der Waals surface area contributed by atoms with Crippen molar-refractivity contribution in [3.05, 3.63) is 29.7 Å². The normalized spacial score (nSPS) is 28.9. The molecule has 1 heterocycles. The Morgan fingerprint density at radius 1 is 1.53 bits per heavy atom. The highest BCUT2D eigenvalue weighted by Crippen LogP contribution is 2.31. The Hall–Kier alpha value is -1.66. The standard InChI is InChI=1S/C13H20N4O2/c1-8(9-3-4-10(18)11(9)19)7-16-13-12(14)15-5-6-17(13)2/h5-7,9-11,18-19H,3-4H2,1-2H3,(H2,14,15)/b8-7+,16-13?/t9-,10+,11-/m0/s1. The highest BCUT2D eigenvalue weighted by Gasteiger charge is 2.34. The summed E-state index contributed by atoms with van der Waals surface area (Å²) in [5.41, 5.74) is 7.28. The molecule has 1 aliphatic rings. The van der Waals surface area contributed by atoms with Gasteiger partial charge in [0, 0.05) is 31.6 Å². The molecule has 6 heteroatoms. The predicted molar refractivity (Wildman–Crippen MR) is 71.7 cm³/mol. The molecular weight excluding hydrogens is 244 g/mol. The first-order chi connectivity index (χ1) is 9.00. The molecule has 1 aromatic heterocycles. The van der Waals surface area contributed by atoms with E-state index < -0.39 is 12.2 Å². The Balaban J connectivity index is 2.27. The van der Waals surface area contributed by atoms with E-state index in [2.05, 4.69) is 9.98 Å². The van der Waals surface area contributed by atoms with E-state index in [1.54, 1.807) is 23.2 Å². The first-order valence-corrected chi connectivity index (χ1v) is 6.34. The number of aliphatic hydroxyl groups excluding tert-OH is 2. The van der Waals surface area contributed by atoms with Crippen molar-refractivity contribution in [1.82, 2.24) is 9.55 Å². The second-order valence-corrected chi connectivity index (χ2v) is 4.99. The first-order valence-electron chi connectivity index (χ1n) is 6.34. The van der Waals surface area contributed by atoms with Crippen LogP contribution in [0.5, 0.6) is 0 Å². The van der Waals surface area contributed by atoms with Crippen molar-refractivity contribution in [2.45, 2.75) is 32.0 Å². The van der Waals surface area contributed by atoms with Crippen molar-refractivity contribution in [3.63, 3.8) is 0 Å². The van der Waals surface area contributed by atoms with E-state index in [9.17, 15) is 10.2 Å². The fraction of sp³-hybridized carbons (Fsp3) is 0.538. The van der Waals surface area contributed by atoms with Gasteiger partial charge in [0.2, 0.25) is 0 Å². The van der Waals surface area contributed by atoms with Crippen molar-refractivity contribution >= 4 is 5.82 Å². The van der Waals surface area contributed by atoms with Crippen LogP contribution in [0.1, 0.15) is 19.8 Å². The molecule has 1 saturated carbocycles. The maximum absolute atomic E-state index is 9.86. The van der Waals surface area contributed by atoms with Crippen molar-refractivity contribution in [3.8, 4) is 0 Å². The summed E-state index contributed by atoms with van der Waals surface area (Å²) in [6, 6.07) is 0. The van der Waals surface area contributed by atoms with Gasteiger partial charge in [0.1, 0.15) is 0 Å². The lowest BCUT2D eigenvalue weighted by molar-refractivity contribution is 0.0278. The number of hydrogen-bond acceptors (Lipinski definition) is 5. The molecule has 0 unspecified atom stereocenters. The first kappa shape index (κ1) is 13.8. The van der Waals surface area contributed by atoms with Crippen LogP contribution < -0.4 is 11.2 Å². The highest BCUT2D eigenvalue weighted by atomic mass is 16.3. The summed E-state index contributed by atoms with van der Waals surface area (Å²) in [5, 5.41) is 19.4. The molecule has 1 fully saturated rings. The average molecular weight is 264 g/mol. The van der Waals surface area contributed by atoms with Gasteiger partial charge in [0.15, 0.2) is 11.3 Å². The maximum atomic E-state index is 9.86. The summed E-state index contributed by atoms with van der Waals surface area (Å²) in [4.78, 5) is 8.32. The molecule has 0 saturated heterocycles. The number of anilines is 1. The summed E-state index contributed by atoms with van der Waals surface area (Å²) < 4.78 is 1.78. The van der Waals surface area contributed by atoms with Gasteiger partial charge in [0.05, 0.1) is 12.2 Å². The average Bonchev–Trinajstić information content (AvgIpc) is 2.69. The van der Waals surface area contributed by atoms with Gasteiger partial charge in [-0.15, -0.1) is 0 Å². The molecule has 0 spiro atoms. The Kier molecular flexibility index (Phi) is 4.01. The summed E-state index contributed by atoms with van der Waals surface area (Å²) in [6.07, 6.45) is 5.14. The summed E-state index contributed by atoms with van der Waals surface area (Å²) in [6.45, 7) is 1.90. The molecule has 0 bridgehead atoms. The van der Waals surface area contributed by atoms with Crippen LogP contribution in [-0.2, 0) is 7.05 Å². The number of aryl methyl sites for hydroxylation is 1. The second kappa shape index (κ2) is 5.54. The molecule has 0 aromatic carbocycles. The zero-order valence-corrected chi connectivity index (χ0v) is 11.2. The molecular formula is C13H20N4O2. The fourth-order valence-electron chi connectivity index (χ4n) is 2.40. The molecule has 19 heavy (non-hydrogen) atoms. The SMILES string of the molecule is C/C(=C\N=c1c(N)nccn1C)[C@@H]1CC[C@@H](O)[C@H]1O. The number of aliphatic hydroxyl groups is 2. The molecule has 104 valence electrons. The zero-order chi connectivity index (χ0) is 14.0. The van der Waals surface area contributed by atoms with Crippen LogP contribution in [0.2, 0.25) is 0 Å². The quantitative estimate of drug-likeness (QED) is 0.697. The van der Waals surface area contributed by atoms with E-state index in [1.807, 2.05) is 14.0 Å². The Morgan fingerprint density at radius 3 is 2.84 bits per heavy atom. The predicted octanol–water partition coefficient (Wildman–Crippen LogP) is -0.0614. The third-order valence-electron chi connectivity index (χ3n) is 3.62. The number of hydrogen-bond donors (Lipinski definition) is 3. The molecule has 3 atom stereocenters. The van der Waals surface area contributed by atoms with Gasteiger partial charge in [-0.25, -0.2) is 9.98 Å².